The molecule has 0 bridgehead atoms. The molecule has 0 radical (unpaired) electrons. The van der Waals surface area contributed by atoms with Gasteiger partial charge in [0.15, 0.2) is 5.82 Å². The molecular weight excluding hydrogens is 234 g/mol. The van der Waals surface area contributed by atoms with Gasteiger partial charge in [-0.2, -0.15) is 0 Å². The lowest BCUT2D eigenvalue weighted by Crippen LogP contribution is -2.00. The molecule has 3 nitrogen and oxygen atoms in total. The largest absolute Gasteiger partial charge is 0.253 e. The van der Waals surface area contributed by atoms with E-state index in [0.29, 0.717) is 11.0 Å². The molecule has 0 unspecified atom stereocenters. The van der Waals surface area contributed by atoms with E-state index in [0.717, 1.165) is 28.9 Å². The molecule has 2 aromatic rings. The van der Waals surface area contributed by atoms with E-state index in [1.165, 1.54) is 0 Å². The molecule has 0 aliphatic heterocycles. The molecule has 4 heteroatoms. The smallest absolute Gasteiger partial charge is 0.180 e. The third-order valence-electron chi connectivity index (χ3n) is 2.81. The summed E-state index contributed by atoms with van der Waals surface area (Å²) >= 11 is 6.09. The van der Waals surface area contributed by atoms with Crippen molar-refractivity contribution < 1.29 is 0 Å². The van der Waals surface area contributed by atoms with Gasteiger partial charge in [0.25, 0.3) is 0 Å². The van der Waals surface area contributed by atoms with Crippen LogP contribution in [0, 0.1) is 13.8 Å². The number of rotatable bonds is 2. The van der Waals surface area contributed by atoms with Crippen molar-refractivity contribution in [1.29, 1.82) is 0 Å². The molecule has 0 atom stereocenters. The average molecular weight is 248 g/mol. The molecule has 0 aliphatic rings. The lowest BCUT2D eigenvalue weighted by Gasteiger charge is -2.08. The van der Waals surface area contributed by atoms with Crippen LogP contribution in [0.15, 0.2) is 18.3 Å². The Morgan fingerprint density at radius 2 is 2.00 bits per heavy atom. The van der Waals surface area contributed by atoms with E-state index in [9.17, 15) is 0 Å². The Balaban J connectivity index is 2.61. The quantitative estimate of drug-likeness (QED) is 0.764. The summed E-state index contributed by atoms with van der Waals surface area (Å²) in [6.07, 6.45) is 2.65. The fourth-order valence-electron chi connectivity index (χ4n) is 1.62. The van der Waals surface area contributed by atoms with Gasteiger partial charge in [0.2, 0.25) is 0 Å². The van der Waals surface area contributed by atoms with Crippen LogP contribution in [0.3, 0.4) is 0 Å². The number of halogens is 1. The van der Waals surface area contributed by atoms with E-state index < -0.39 is 0 Å². The summed E-state index contributed by atoms with van der Waals surface area (Å²) in [6, 6.07) is 3.96. The second-order valence-corrected chi connectivity index (χ2v) is 4.27. The van der Waals surface area contributed by atoms with Crippen molar-refractivity contribution >= 4 is 11.6 Å². The van der Waals surface area contributed by atoms with Crippen LogP contribution >= 0.6 is 11.6 Å². The Labute approximate surface area is 106 Å². The first-order valence-electron chi connectivity index (χ1n) is 5.58. The number of hydrogen-bond donors (Lipinski definition) is 0. The van der Waals surface area contributed by atoms with Crippen LogP contribution in [0.1, 0.15) is 23.7 Å². The Morgan fingerprint density at radius 1 is 1.24 bits per heavy atom. The predicted molar refractivity (Wildman–Crippen MR) is 69.1 cm³/mol. The second kappa shape index (κ2) is 4.80. The molecule has 0 fully saturated rings. The number of aryl methyl sites for hydroxylation is 2. The minimum Gasteiger partial charge on any atom is -0.253 e. The number of aromatic nitrogens is 3. The van der Waals surface area contributed by atoms with Crippen LogP contribution in [0.25, 0.3) is 11.5 Å². The predicted octanol–water partition coefficient (Wildman–Crippen LogP) is 3.37. The highest BCUT2D eigenvalue weighted by Gasteiger charge is 2.11. The third-order valence-corrected chi connectivity index (χ3v) is 3.18. The van der Waals surface area contributed by atoms with Gasteiger partial charge in [0, 0.05) is 17.5 Å². The SMILES string of the molecule is CCc1cccnc1-c1nc(C)c(C)c(Cl)n1. The summed E-state index contributed by atoms with van der Waals surface area (Å²) in [6.45, 7) is 5.94. The van der Waals surface area contributed by atoms with Crippen LogP contribution in [-0.4, -0.2) is 15.0 Å². The Bertz CT molecular complexity index is 529. The molecule has 17 heavy (non-hydrogen) atoms. The average Bonchev–Trinajstić information content (AvgIpc) is 2.35. The fraction of sp³-hybridized carbons (Fsp3) is 0.308. The molecule has 2 aromatic heterocycles. The van der Waals surface area contributed by atoms with E-state index in [2.05, 4.69) is 21.9 Å². The summed E-state index contributed by atoms with van der Waals surface area (Å²) in [5.41, 5.74) is 3.77. The van der Waals surface area contributed by atoms with E-state index in [1.54, 1.807) is 6.20 Å². The maximum atomic E-state index is 6.09. The summed E-state index contributed by atoms with van der Waals surface area (Å²) in [5.74, 6) is 0.607. The Kier molecular flexibility index (Phi) is 3.38. The van der Waals surface area contributed by atoms with E-state index in [-0.39, 0.29) is 0 Å². The molecule has 0 amide bonds. The first-order chi connectivity index (χ1) is 8.13. The molecule has 2 rings (SSSR count). The van der Waals surface area contributed by atoms with Gasteiger partial charge < -0.3 is 0 Å². The zero-order valence-electron chi connectivity index (χ0n) is 10.2. The van der Waals surface area contributed by atoms with E-state index in [1.807, 2.05) is 26.0 Å². The summed E-state index contributed by atoms with van der Waals surface area (Å²) in [5, 5.41) is 0.500. The van der Waals surface area contributed by atoms with Crippen molar-refractivity contribution in [2.45, 2.75) is 27.2 Å². The molecule has 0 N–H and O–H groups in total. The van der Waals surface area contributed by atoms with Gasteiger partial charge in [0.1, 0.15) is 10.8 Å². The molecule has 2 heterocycles. The van der Waals surface area contributed by atoms with Gasteiger partial charge in [-0.15, -0.1) is 0 Å². The minimum atomic E-state index is 0.500. The zero-order chi connectivity index (χ0) is 12.4. The minimum absolute atomic E-state index is 0.500. The maximum Gasteiger partial charge on any atom is 0.180 e. The lowest BCUT2D eigenvalue weighted by molar-refractivity contribution is 1.03. The van der Waals surface area contributed by atoms with Crippen molar-refractivity contribution in [2.75, 3.05) is 0 Å². The molecule has 0 aromatic carbocycles. The number of nitrogens with zero attached hydrogens (tertiary/aromatic N) is 3. The highest BCUT2D eigenvalue weighted by Crippen LogP contribution is 2.22. The van der Waals surface area contributed by atoms with Gasteiger partial charge in [0.05, 0.1) is 0 Å². The third kappa shape index (κ3) is 2.29. The summed E-state index contributed by atoms with van der Waals surface area (Å²) < 4.78 is 0. The van der Waals surface area contributed by atoms with Gasteiger partial charge >= 0.3 is 0 Å². The van der Waals surface area contributed by atoms with Crippen molar-refractivity contribution in [3.8, 4) is 11.5 Å². The molecule has 0 saturated carbocycles. The molecular formula is C13H14ClN3. The normalized spacial score (nSPS) is 10.6. The summed E-state index contributed by atoms with van der Waals surface area (Å²) in [4.78, 5) is 13.1. The highest BCUT2D eigenvalue weighted by molar-refractivity contribution is 6.30. The van der Waals surface area contributed by atoms with E-state index in [4.69, 9.17) is 11.6 Å². The van der Waals surface area contributed by atoms with Crippen molar-refractivity contribution in [1.82, 2.24) is 15.0 Å². The zero-order valence-corrected chi connectivity index (χ0v) is 10.9. The van der Waals surface area contributed by atoms with Crippen LogP contribution in [0.2, 0.25) is 5.15 Å². The standard InChI is InChI=1S/C13H14ClN3/c1-4-10-6-5-7-15-11(10)13-16-9(3)8(2)12(14)17-13/h5-7H,4H2,1-3H3. The van der Waals surface area contributed by atoms with Gasteiger partial charge in [-0.05, 0) is 31.9 Å². The first-order valence-corrected chi connectivity index (χ1v) is 5.96. The van der Waals surface area contributed by atoms with Crippen molar-refractivity contribution in [3.05, 3.63) is 40.3 Å². The van der Waals surface area contributed by atoms with Crippen LogP contribution < -0.4 is 0 Å². The fourth-order valence-corrected chi connectivity index (χ4v) is 1.84. The molecule has 88 valence electrons. The van der Waals surface area contributed by atoms with Crippen molar-refractivity contribution in [2.24, 2.45) is 0 Å². The number of pyridine rings is 1. The maximum absolute atomic E-state index is 6.09. The Morgan fingerprint density at radius 3 is 2.65 bits per heavy atom. The van der Waals surface area contributed by atoms with Gasteiger partial charge in [-0.25, -0.2) is 9.97 Å². The van der Waals surface area contributed by atoms with Crippen LogP contribution in [-0.2, 0) is 6.42 Å². The van der Waals surface area contributed by atoms with E-state index >= 15 is 0 Å². The first kappa shape index (κ1) is 12.0. The van der Waals surface area contributed by atoms with Crippen LogP contribution in [0.5, 0.6) is 0 Å². The second-order valence-electron chi connectivity index (χ2n) is 3.91. The topological polar surface area (TPSA) is 38.7 Å². The van der Waals surface area contributed by atoms with Gasteiger partial charge in [-0.1, -0.05) is 24.6 Å². The number of hydrogen-bond acceptors (Lipinski definition) is 3. The molecule has 0 saturated heterocycles. The molecule has 0 aliphatic carbocycles. The van der Waals surface area contributed by atoms with Crippen LogP contribution in [0.4, 0.5) is 0 Å². The monoisotopic (exact) mass is 247 g/mol. The van der Waals surface area contributed by atoms with Gasteiger partial charge in [-0.3, -0.25) is 4.98 Å². The highest BCUT2D eigenvalue weighted by atomic mass is 35.5. The molecule has 0 spiro atoms. The lowest BCUT2D eigenvalue weighted by atomic mass is 10.1. The summed E-state index contributed by atoms with van der Waals surface area (Å²) in [7, 11) is 0. The van der Waals surface area contributed by atoms with Crippen molar-refractivity contribution in [3.63, 3.8) is 0 Å². The Hall–Kier alpha value is -1.48.